The van der Waals surface area contributed by atoms with Crippen LogP contribution in [0.25, 0.3) is 0 Å². The maximum atomic E-state index is 12.1. The van der Waals surface area contributed by atoms with Gasteiger partial charge in [0.2, 0.25) is 5.91 Å². The van der Waals surface area contributed by atoms with Crippen LogP contribution in [0.1, 0.15) is 32.6 Å². The van der Waals surface area contributed by atoms with Crippen molar-refractivity contribution in [2.75, 3.05) is 29.7 Å². The summed E-state index contributed by atoms with van der Waals surface area (Å²) in [6.07, 6.45) is 0.147. The number of amides is 1. The Morgan fingerprint density at radius 3 is 2.03 bits per heavy atom. The maximum Gasteiger partial charge on any atom is 0.320 e. The zero-order chi connectivity index (χ0) is 24.1. The number of carbonyl (C=O) groups excluding carboxylic acids is 2. The molecule has 0 bridgehead atoms. The highest BCUT2D eigenvalue weighted by Crippen LogP contribution is 2.20. The lowest BCUT2D eigenvalue weighted by Crippen LogP contribution is -2.46. The van der Waals surface area contributed by atoms with Crippen molar-refractivity contribution in [1.82, 2.24) is 5.32 Å². The number of nitrogens with one attached hydrogen (secondary N) is 1. The molecule has 0 saturated carbocycles. The number of nitrogens with zero attached hydrogens (tertiary/aromatic N) is 1. The van der Waals surface area contributed by atoms with Crippen molar-refractivity contribution < 1.29 is 34.1 Å². The van der Waals surface area contributed by atoms with E-state index in [0.29, 0.717) is 37.0 Å². The fourth-order valence-corrected chi connectivity index (χ4v) is 3.47. The van der Waals surface area contributed by atoms with E-state index in [2.05, 4.69) is 5.32 Å². The number of hydrogen-bond donors (Lipinski definition) is 3. The molecule has 1 unspecified atom stereocenters. The Morgan fingerprint density at radius 2 is 1.56 bits per heavy atom. The van der Waals surface area contributed by atoms with Gasteiger partial charge in [-0.1, -0.05) is 13.3 Å². The molecule has 9 nitrogen and oxygen atoms in total. The van der Waals surface area contributed by atoms with Crippen LogP contribution < -0.4 is 15.0 Å². The topological polar surface area (TPSA) is 133 Å². The number of aliphatic carboxylic acids is 2. The van der Waals surface area contributed by atoms with Gasteiger partial charge < -0.3 is 25.2 Å². The first-order valence-electron chi connectivity index (χ1n) is 10.2. The van der Waals surface area contributed by atoms with Gasteiger partial charge in [0, 0.05) is 37.0 Å². The zero-order valence-electron chi connectivity index (χ0n) is 17.8. The highest BCUT2D eigenvalue weighted by atomic mass is 35.5. The van der Waals surface area contributed by atoms with Crippen LogP contribution >= 0.6 is 23.2 Å². The van der Waals surface area contributed by atoms with Crippen molar-refractivity contribution in [2.45, 2.75) is 38.6 Å². The summed E-state index contributed by atoms with van der Waals surface area (Å²) in [5.74, 6) is -4.92. The molecule has 1 aromatic rings. The summed E-state index contributed by atoms with van der Waals surface area (Å²) in [6.45, 7) is 2.98. The molecule has 1 rings (SSSR count). The molecule has 0 aliphatic rings. The number of carboxylic acid groups (broad SMARTS) is 2. The minimum atomic E-state index is -1.76. The number of anilines is 1. The van der Waals surface area contributed by atoms with Crippen LogP contribution in [0.5, 0.6) is 5.75 Å². The SMILES string of the molecule is CCCC(NC(=O)CCC(=O)Oc1ccc(N(CCCl)CCCl)cc1)C(C(=O)O)C(=O)O. The third-order valence-corrected chi connectivity index (χ3v) is 4.92. The van der Waals surface area contributed by atoms with Gasteiger partial charge in [-0.15, -0.1) is 23.2 Å². The minimum absolute atomic E-state index is 0.177. The predicted molar refractivity (Wildman–Crippen MR) is 121 cm³/mol. The van der Waals surface area contributed by atoms with Gasteiger partial charge in [0.05, 0.1) is 12.5 Å². The number of ether oxygens (including phenoxy) is 1. The molecule has 1 amide bonds. The molecule has 0 heterocycles. The Balaban J connectivity index is 2.61. The van der Waals surface area contributed by atoms with Crippen molar-refractivity contribution in [1.29, 1.82) is 0 Å². The summed E-state index contributed by atoms with van der Waals surface area (Å²) >= 11 is 11.6. The summed E-state index contributed by atoms with van der Waals surface area (Å²) in [5.41, 5.74) is 0.874. The molecule has 3 N–H and O–H groups in total. The second kappa shape index (κ2) is 14.5. The maximum absolute atomic E-state index is 12.1. The third kappa shape index (κ3) is 9.32. The number of esters is 1. The van der Waals surface area contributed by atoms with E-state index in [1.165, 1.54) is 0 Å². The monoisotopic (exact) mass is 490 g/mol. The molecular weight excluding hydrogens is 463 g/mol. The van der Waals surface area contributed by atoms with E-state index in [9.17, 15) is 19.2 Å². The molecule has 0 aliphatic carbocycles. The zero-order valence-corrected chi connectivity index (χ0v) is 19.3. The largest absolute Gasteiger partial charge is 0.481 e. The van der Waals surface area contributed by atoms with E-state index in [1.54, 1.807) is 31.2 Å². The van der Waals surface area contributed by atoms with Gasteiger partial charge in [0.25, 0.3) is 0 Å². The van der Waals surface area contributed by atoms with E-state index < -0.39 is 35.8 Å². The fourth-order valence-electron chi connectivity index (χ4n) is 3.06. The van der Waals surface area contributed by atoms with Gasteiger partial charge in [0.1, 0.15) is 5.75 Å². The van der Waals surface area contributed by atoms with Gasteiger partial charge in [-0.2, -0.15) is 0 Å². The first-order valence-corrected chi connectivity index (χ1v) is 11.2. The van der Waals surface area contributed by atoms with E-state index in [0.717, 1.165) is 5.69 Å². The predicted octanol–water partition coefficient (Wildman–Crippen LogP) is 2.73. The van der Waals surface area contributed by atoms with Crippen molar-refractivity contribution >= 4 is 52.7 Å². The molecule has 1 aromatic carbocycles. The van der Waals surface area contributed by atoms with Crippen LogP contribution in [0, 0.1) is 5.92 Å². The number of carbonyl (C=O) groups is 4. The summed E-state index contributed by atoms with van der Waals surface area (Å²) in [4.78, 5) is 48.7. The Labute approximate surface area is 196 Å². The van der Waals surface area contributed by atoms with Crippen molar-refractivity contribution in [3.63, 3.8) is 0 Å². The van der Waals surface area contributed by atoms with Gasteiger partial charge >= 0.3 is 17.9 Å². The Bertz CT molecular complexity index is 754. The summed E-state index contributed by atoms with van der Waals surface area (Å²) in [6, 6.07) is 5.69. The molecule has 0 aromatic heterocycles. The van der Waals surface area contributed by atoms with E-state index in [4.69, 9.17) is 38.2 Å². The van der Waals surface area contributed by atoms with Crippen molar-refractivity contribution in [3.8, 4) is 5.75 Å². The number of benzene rings is 1. The van der Waals surface area contributed by atoms with Crippen LogP contribution in [-0.4, -0.2) is 64.9 Å². The summed E-state index contributed by atoms with van der Waals surface area (Å²) in [5, 5.41) is 20.7. The average Bonchev–Trinajstić information content (AvgIpc) is 2.72. The van der Waals surface area contributed by atoms with Gasteiger partial charge in [-0.25, -0.2) is 0 Å². The first-order chi connectivity index (χ1) is 15.2. The normalized spacial score (nSPS) is 11.6. The molecular formula is C21H28Cl2N2O7. The smallest absolute Gasteiger partial charge is 0.320 e. The van der Waals surface area contributed by atoms with Crippen molar-refractivity contribution in [3.05, 3.63) is 24.3 Å². The molecule has 32 heavy (non-hydrogen) atoms. The second-order valence-corrected chi connectivity index (χ2v) is 7.71. The Kier molecular flexibility index (Phi) is 12.5. The Hall–Kier alpha value is -2.52. The van der Waals surface area contributed by atoms with Gasteiger partial charge in [-0.3, -0.25) is 19.2 Å². The minimum Gasteiger partial charge on any atom is -0.481 e. The summed E-state index contributed by atoms with van der Waals surface area (Å²) in [7, 11) is 0. The number of carboxylic acids is 2. The molecule has 1 atom stereocenters. The lowest BCUT2D eigenvalue weighted by Gasteiger charge is -2.23. The quantitative estimate of drug-likeness (QED) is 0.148. The molecule has 0 radical (unpaired) electrons. The fraction of sp³-hybridized carbons (Fsp3) is 0.524. The van der Waals surface area contributed by atoms with Crippen LogP contribution in [0.15, 0.2) is 24.3 Å². The van der Waals surface area contributed by atoms with E-state index >= 15 is 0 Å². The van der Waals surface area contributed by atoms with Gasteiger partial charge in [-0.05, 0) is 30.7 Å². The lowest BCUT2D eigenvalue weighted by atomic mass is 9.95. The molecule has 0 fully saturated rings. The number of halogens is 2. The third-order valence-electron chi connectivity index (χ3n) is 4.58. The highest BCUT2D eigenvalue weighted by Gasteiger charge is 2.35. The first kappa shape index (κ1) is 27.5. The number of alkyl halides is 2. The number of hydrogen-bond acceptors (Lipinski definition) is 6. The van der Waals surface area contributed by atoms with E-state index in [1.807, 2.05) is 4.90 Å². The molecule has 0 saturated heterocycles. The molecule has 178 valence electrons. The average molecular weight is 491 g/mol. The molecule has 0 aliphatic heterocycles. The highest BCUT2D eigenvalue weighted by molar-refractivity contribution is 6.18. The van der Waals surface area contributed by atoms with Crippen molar-refractivity contribution in [2.24, 2.45) is 5.92 Å². The number of rotatable bonds is 15. The van der Waals surface area contributed by atoms with Crippen LogP contribution in [-0.2, 0) is 19.2 Å². The van der Waals surface area contributed by atoms with Crippen LogP contribution in [0.2, 0.25) is 0 Å². The Morgan fingerprint density at radius 1 is 1.00 bits per heavy atom. The second-order valence-electron chi connectivity index (χ2n) is 6.95. The lowest BCUT2D eigenvalue weighted by molar-refractivity contribution is -0.156. The van der Waals surface area contributed by atoms with Crippen LogP contribution in [0.3, 0.4) is 0 Å². The molecule has 11 heteroatoms. The van der Waals surface area contributed by atoms with E-state index in [-0.39, 0.29) is 19.3 Å². The molecule has 0 spiro atoms. The van der Waals surface area contributed by atoms with Gasteiger partial charge in [0.15, 0.2) is 5.92 Å². The van der Waals surface area contributed by atoms with Crippen LogP contribution in [0.4, 0.5) is 5.69 Å². The standard InChI is InChI=1S/C21H28Cl2N2O7/c1-2-3-16(19(20(28)29)21(30)31)24-17(26)8-9-18(27)32-15-6-4-14(5-7-15)25(12-10-22)13-11-23/h4-7,16,19H,2-3,8-13H2,1H3,(H,24,26)(H,28,29)(H,30,31). The summed E-state index contributed by atoms with van der Waals surface area (Å²) < 4.78 is 5.22.